The summed E-state index contributed by atoms with van der Waals surface area (Å²) in [5, 5.41) is 0. The van der Waals surface area contributed by atoms with E-state index in [9.17, 15) is 4.79 Å². The van der Waals surface area contributed by atoms with Gasteiger partial charge in [-0.15, -0.1) is 0 Å². The molecule has 0 aromatic carbocycles. The Kier molecular flexibility index (Phi) is 13.3. The maximum Gasteiger partial charge on any atom is 0.168 e. The predicted octanol–water partition coefficient (Wildman–Crippen LogP) is 6.58. The Bertz CT molecular complexity index is 318. The summed E-state index contributed by atoms with van der Waals surface area (Å²) in [6.07, 6.45) is 20.1. The first kappa shape index (κ1) is 22.6. The smallest absolute Gasteiger partial charge is 0.168 e. The van der Waals surface area contributed by atoms with Gasteiger partial charge in [0.15, 0.2) is 5.79 Å². The zero-order chi connectivity index (χ0) is 18.2. The zero-order valence-corrected chi connectivity index (χ0v) is 16.9. The van der Waals surface area contributed by atoms with E-state index in [1.54, 1.807) is 0 Å². The van der Waals surface area contributed by atoms with E-state index in [0.717, 1.165) is 32.0 Å². The van der Waals surface area contributed by atoms with Crippen molar-refractivity contribution in [3.8, 4) is 0 Å². The molecule has 3 nitrogen and oxygen atoms in total. The molecule has 1 fully saturated rings. The average Bonchev–Trinajstić information content (AvgIpc) is 3.02. The molecule has 1 saturated heterocycles. The van der Waals surface area contributed by atoms with Crippen molar-refractivity contribution < 1.29 is 14.3 Å². The van der Waals surface area contributed by atoms with E-state index in [0.29, 0.717) is 13.0 Å². The van der Waals surface area contributed by atoms with Crippen LogP contribution in [0.15, 0.2) is 0 Å². The molecule has 0 aromatic heterocycles. The van der Waals surface area contributed by atoms with Crippen LogP contribution in [0.2, 0.25) is 0 Å². The second kappa shape index (κ2) is 14.7. The fraction of sp³-hybridized carbons (Fsp3) is 0.955. The third kappa shape index (κ3) is 10.4. The van der Waals surface area contributed by atoms with Crippen LogP contribution in [0.25, 0.3) is 0 Å². The summed E-state index contributed by atoms with van der Waals surface area (Å²) < 4.78 is 12.6. The molecule has 0 spiro atoms. The number of rotatable bonds is 17. The molecule has 1 rings (SSSR count). The molecule has 1 heterocycles. The molecule has 148 valence electrons. The van der Waals surface area contributed by atoms with Crippen molar-refractivity contribution >= 4 is 6.29 Å². The van der Waals surface area contributed by atoms with Crippen LogP contribution >= 0.6 is 0 Å². The highest BCUT2D eigenvalue weighted by Gasteiger charge is 2.40. The number of carbonyl (C=O) groups is 1. The lowest BCUT2D eigenvalue weighted by atomic mass is 9.99. The van der Waals surface area contributed by atoms with Crippen molar-refractivity contribution in [3.63, 3.8) is 0 Å². The van der Waals surface area contributed by atoms with Crippen LogP contribution in [0, 0.1) is 0 Å². The van der Waals surface area contributed by atoms with Crippen molar-refractivity contribution in [3.05, 3.63) is 0 Å². The first-order chi connectivity index (χ1) is 12.3. The second-order valence-corrected chi connectivity index (χ2v) is 7.74. The summed E-state index contributed by atoms with van der Waals surface area (Å²) in [5.74, 6) is -0.330. The van der Waals surface area contributed by atoms with Gasteiger partial charge in [-0.3, -0.25) is 0 Å². The van der Waals surface area contributed by atoms with Gasteiger partial charge in [-0.05, 0) is 25.7 Å². The number of unbranched alkanes of at least 4 members (excludes halogenated alkanes) is 10. The molecule has 2 atom stereocenters. The molecule has 0 N–H and O–H groups in total. The largest absolute Gasteiger partial charge is 0.347 e. The molecular weight excluding hydrogens is 312 g/mol. The third-order valence-electron chi connectivity index (χ3n) is 5.33. The Hall–Kier alpha value is -0.410. The van der Waals surface area contributed by atoms with Gasteiger partial charge in [-0.25, -0.2) is 0 Å². The lowest BCUT2D eigenvalue weighted by Gasteiger charge is -2.28. The Morgan fingerprint density at radius 1 is 0.840 bits per heavy atom. The van der Waals surface area contributed by atoms with Crippen LogP contribution in [-0.2, 0) is 14.3 Å². The van der Waals surface area contributed by atoms with Crippen LogP contribution in [0.1, 0.15) is 117 Å². The molecule has 25 heavy (non-hydrogen) atoms. The molecule has 0 radical (unpaired) electrons. The van der Waals surface area contributed by atoms with Crippen LogP contribution in [0.4, 0.5) is 0 Å². The zero-order valence-electron chi connectivity index (χ0n) is 16.9. The Morgan fingerprint density at radius 3 is 2.00 bits per heavy atom. The highest BCUT2D eigenvalue weighted by atomic mass is 16.7. The summed E-state index contributed by atoms with van der Waals surface area (Å²) in [4.78, 5) is 10.5. The number of carbonyl (C=O) groups excluding carboxylic acids is 1. The van der Waals surface area contributed by atoms with E-state index in [-0.39, 0.29) is 11.9 Å². The molecule has 1 aliphatic rings. The average molecular weight is 355 g/mol. The fourth-order valence-corrected chi connectivity index (χ4v) is 3.75. The fourth-order valence-electron chi connectivity index (χ4n) is 3.75. The van der Waals surface area contributed by atoms with Gasteiger partial charge in [-0.2, -0.15) is 0 Å². The summed E-state index contributed by atoms with van der Waals surface area (Å²) >= 11 is 0. The van der Waals surface area contributed by atoms with Gasteiger partial charge in [0, 0.05) is 19.3 Å². The number of aldehydes is 1. The molecule has 0 aromatic rings. The minimum Gasteiger partial charge on any atom is -0.347 e. The molecule has 2 unspecified atom stereocenters. The van der Waals surface area contributed by atoms with Gasteiger partial charge < -0.3 is 14.3 Å². The minimum atomic E-state index is -0.330. The Morgan fingerprint density at radius 2 is 1.40 bits per heavy atom. The Balaban J connectivity index is 2.32. The standard InChI is InChI=1S/C22H42O3/c1-3-5-7-9-10-11-14-18-22(17-13-8-6-4-2)24-20-21(25-22)16-12-15-19-23/h19,21H,3-18,20H2,1-2H3. The molecule has 3 heteroatoms. The van der Waals surface area contributed by atoms with Gasteiger partial charge >= 0.3 is 0 Å². The summed E-state index contributed by atoms with van der Waals surface area (Å²) in [7, 11) is 0. The molecule has 0 saturated carbocycles. The normalized spacial score (nSPS) is 23.2. The van der Waals surface area contributed by atoms with Gasteiger partial charge in [0.25, 0.3) is 0 Å². The van der Waals surface area contributed by atoms with Crippen LogP contribution in [-0.4, -0.2) is 24.8 Å². The van der Waals surface area contributed by atoms with Crippen molar-refractivity contribution in [2.24, 2.45) is 0 Å². The van der Waals surface area contributed by atoms with E-state index in [1.807, 2.05) is 0 Å². The molecule has 0 bridgehead atoms. The maximum atomic E-state index is 10.5. The summed E-state index contributed by atoms with van der Waals surface area (Å²) in [6, 6.07) is 0. The maximum absolute atomic E-state index is 10.5. The second-order valence-electron chi connectivity index (χ2n) is 7.74. The SMILES string of the molecule is CCCCCCCCCC1(CCCCCC)OCC(CCCC=O)O1. The Labute approximate surface area is 156 Å². The van der Waals surface area contributed by atoms with Gasteiger partial charge in [-0.1, -0.05) is 71.6 Å². The van der Waals surface area contributed by atoms with Crippen molar-refractivity contribution in [2.75, 3.05) is 6.61 Å². The van der Waals surface area contributed by atoms with Crippen LogP contribution < -0.4 is 0 Å². The lowest BCUT2D eigenvalue weighted by Crippen LogP contribution is -2.31. The van der Waals surface area contributed by atoms with E-state index in [2.05, 4.69) is 13.8 Å². The van der Waals surface area contributed by atoms with Crippen LogP contribution in [0.3, 0.4) is 0 Å². The van der Waals surface area contributed by atoms with Crippen LogP contribution in [0.5, 0.6) is 0 Å². The summed E-state index contributed by atoms with van der Waals surface area (Å²) in [5.41, 5.74) is 0. The van der Waals surface area contributed by atoms with Gasteiger partial charge in [0.2, 0.25) is 0 Å². The van der Waals surface area contributed by atoms with Crippen molar-refractivity contribution in [2.45, 2.75) is 128 Å². The first-order valence-corrected chi connectivity index (χ1v) is 11.0. The van der Waals surface area contributed by atoms with Gasteiger partial charge in [0.1, 0.15) is 6.29 Å². The van der Waals surface area contributed by atoms with Gasteiger partial charge in [0.05, 0.1) is 12.7 Å². The third-order valence-corrected chi connectivity index (χ3v) is 5.33. The van der Waals surface area contributed by atoms with E-state index in [1.165, 1.54) is 70.6 Å². The van der Waals surface area contributed by atoms with E-state index in [4.69, 9.17) is 9.47 Å². The lowest BCUT2D eigenvalue weighted by molar-refractivity contribution is -0.180. The number of hydrogen-bond acceptors (Lipinski definition) is 3. The van der Waals surface area contributed by atoms with Crippen molar-refractivity contribution in [1.29, 1.82) is 0 Å². The first-order valence-electron chi connectivity index (χ1n) is 11.0. The highest BCUT2D eigenvalue weighted by molar-refractivity contribution is 5.48. The van der Waals surface area contributed by atoms with E-state index < -0.39 is 0 Å². The number of ether oxygens (including phenoxy) is 2. The quantitative estimate of drug-likeness (QED) is 0.219. The molecule has 1 aliphatic heterocycles. The van der Waals surface area contributed by atoms with Crippen molar-refractivity contribution in [1.82, 2.24) is 0 Å². The molecular formula is C22H42O3. The number of hydrogen-bond donors (Lipinski definition) is 0. The minimum absolute atomic E-state index is 0.190. The highest BCUT2D eigenvalue weighted by Crippen LogP contribution is 2.35. The topological polar surface area (TPSA) is 35.5 Å². The molecule has 0 aliphatic carbocycles. The van der Waals surface area contributed by atoms with E-state index >= 15 is 0 Å². The predicted molar refractivity (Wildman–Crippen MR) is 105 cm³/mol. The summed E-state index contributed by atoms with van der Waals surface area (Å²) in [6.45, 7) is 5.23. The molecule has 0 amide bonds. The monoisotopic (exact) mass is 354 g/mol.